The molecule has 2 aromatic carbocycles. The summed E-state index contributed by atoms with van der Waals surface area (Å²) >= 11 is 11.9. The number of rotatable bonds is 2. The highest BCUT2D eigenvalue weighted by Crippen LogP contribution is 2.36. The number of hydrogen-bond acceptors (Lipinski definition) is 4. The lowest BCUT2D eigenvalue weighted by Gasteiger charge is -2.11. The van der Waals surface area contributed by atoms with E-state index in [4.69, 9.17) is 33.7 Å². The van der Waals surface area contributed by atoms with Crippen molar-refractivity contribution in [1.29, 1.82) is 0 Å². The Bertz CT molecular complexity index is 787. The van der Waals surface area contributed by atoms with Crippen LogP contribution in [0.1, 0.15) is 0 Å². The van der Waals surface area contributed by atoms with Crippen molar-refractivity contribution >= 4 is 39.8 Å². The summed E-state index contributed by atoms with van der Waals surface area (Å²) in [6.45, 7) is 0. The molecule has 6 heteroatoms. The second-order valence-electron chi connectivity index (χ2n) is 4.13. The van der Waals surface area contributed by atoms with Crippen LogP contribution in [0.15, 0.2) is 42.6 Å². The number of benzene rings is 2. The number of nitrogens with zero attached hydrogens (tertiary/aromatic N) is 2. The van der Waals surface area contributed by atoms with Gasteiger partial charge in [0.25, 0.3) is 0 Å². The molecule has 0 saturated carbocycles. The van der Waals surface area contributed by atoms with Crippen molar-refractivity contribution in [2.45, 2.75) is 0 Å². The number of halogens is 2. The molecule has 0 aliphatic rings. The zero-order valence-electron chi connectivity index (χ0n) is 10.2. The average Bonchev–Trinajstić information content (AvgIpc) is 2.45. The highest BCUT2D eigenvalue weighted by molar-refractivity contribution is 6.42. The van der Waals surface area contributed by atoms with Gasteiger partial charge in [0.1, 0.15) is 0 Å². The minimum absolute atomic E-state index is 0.377. The quantitative estimate of drug-likeness (QED) is 0.717. The van der Waals surface area contributed by atoms with Gasteiger partial charge in [-0.1, -0.05) is 35.3 Å². The third-order valence-electron chi connectivity index (χ3n) is 2.78. The molecular formula is C14H9Cl2N3O. The second kappa shape index (κ2) is 5.15. The van der Waals surface area contributed by atoms with Gasteiger partial charge in [-0.15, -0.1) is 0 Å². The molecule has 3 aromatic rings. The molecule has 1 aromatic heterocycles. The van der Waals surface area contributed by atoms with Crippen LogP contribution >= 0.6 is 23.2 Å². The van der Waals surface area contributed by atoms with E-state index >= 15 is 0 Å². The van der Waals surface area contributed by atoms with E-state index in [-0.39, 0.29) is 0 Å². The normalized spacial score (nSPS) is 10.7. The number of ether oxygens (including phenoxy) is 1. The van der Waals surface area contributed by atoms with Gasteiger partial charge in [-0.2, -0.15) is 10.2 Å². The SMILES string of the molecule is Nc1cc(Cl)c(Cl)cc1Oc1cnnc2ccccc12. The zero-order valence-corrected chi connectivity index (χ0v) is 11.7. The fourth-order valence-corrected chi connectivity index (χ4v) is 2.14. The molecule has 0 amide bonds. The highest BCUT2D eigenvalue weighted by Gasteiger charge is 2.10. The first-order valence-corrected chi connectivity index (χ1v) is 6.53. The largest absolute Gasteiger partial charge is 0.453 e. The average molecular weight is 306 g/mol. The smallest absolute Gasteiger partial charge is 0.157 e. The Kier molecular flexibility index (Phi) is 3.34. The van der Waals surface area contributed by atoms with Gasteiger partial charge in [-0.3, -0.25) is 0 Å². The topological polar surface area (TPSA) is 61.0 Å². The van der Waals surface area contributed by atoms with Crippen molar-refractivity contribution in [3.05, 3.63) is 52.6 Å². The Morgan fingerprint density at radius 2 is 1.75 bits per heavy atom. The van der Waals surface area contributed by atoms with Gasteiger partial charge in [0, 0.05) is 11.5 Å². The molecule has 0 fully saturated rings. The van der Waals surface area contributed by atoms with Crippen molar-refractivity contribution in [2.24, 2.45) is 0 Å². The van der Waals surface area contributed by atoms with E-state index in [9.17, 15) is 0 Å². The summed E-state index contributed by atoms with van der Waals surface area (Å²) in [7, 11) is 0. The van der Waals surface area contributed by atoms with E-state index < -0.39 is 0 Å². The van der Waals surface area contributed by atoms with Gasteiger partial charge in [0.05, 0.1) is 27.4 Å². The van der Waals surface area contributed by atoms with Crippen LogP contribution in [0.5, 0.6) is 11.5 Å². The van der Waals surface area contributed by atoms with Crippen LogP contribution in [0.2, 0.25) is 10.0 Å². The van der Waals surface area contributed by atoms with Crippen molar-refractivity contribution < 1.29 is 4.74 Å². The number of fused-ring (bicyclic) bond motifs is 1. The maximum Gasteiger partial charge on any atom is 0.157 e. The summed E-state index contributed by atoms with van der Waals surface area (Å²) in [4.78, 5) is 0. The van der Waals surface area contributed by atoms with Crippen molar-refractivity contribution in [2.75, 3.05) is 5.73 Å². The van der Waals surface area contributed by atoms with Crippen LogP contribution in [-0.2, 0) is 0 Å². The fourth-order valence-electron chi connectivity index (χ4n) is 1.81. The molecule has 0 aliphatic carbocycles. The monoisotopic (exact) mass is 305 g/mol. The lowest BCUT2D eigenvalue weighted by Crippen LogP contribution is -1.94. The van der Waals surface area contributed by atoms with E-state index in [1.807, 2.05) is 24.3 Å². The number of nitrogen functional groups attached to an aromatic ring is 1. The van der Waals surface area contributed by atoms with E-state index in [1.165, 1.54) is 6.20 Å². The van der Waals surface area contributed by atoms with Gasteiger partial charge >= 0.3 is 0 Å². The molecule has 3 rings (SSSR count). The summed E-state index contributed by atoms with van der Waals surface area (Å²) in [5, 5.41) is 9.53. The van der Waals surface area contributed by atoms with Crippen LogP contribution < -0.4 is 10.5 Å². The lowest BCUT2D eigenvalue weighted by atomic mass is 10.2. The predicted octanol–water partition coefficient (Wildman–Crippen LogP) is 4.31. The molecule has 0 bridgehead atoms. The van der Waals surface area contributed by atoms with Gasteiger partial charge in [0.2, 0.25) is 0 Å². The minimum Gasteiger partial charge on any atom is -0.453 e. The van der Waals surface area contributed by atoms with Crippen molar-refractivity contribution in [3.63, 3.8) is 0 Å². The van der Waals surface area contributed by atoms with Crippen LogP contribution in [0.3, 0.4) is 0 Å². The summed E-state index contributed by atoms with van der Waals surface area (Å²) < 4.78 is 5.79. The molecule has 0 saturated heterocycles. The van der Waals surface area contributed by atoms with Crippen LogP contribution in [0.4, 0.5) is 5.69 Å². The summed E-state index contributed by atoms with van der Waals surface area (Å²) in [6, 6.07) is 10.7. The molecule has 20 heavy (non-hydrogen) atoms. The second-order valence-corrected chi connectivity index (χ2v) is 4.95. The van der Waals surface area contributed by atoms with Crippen molar-refractivity contribution in [1.82, 2.24) is 10.2 Å². The maximum atomic E-state index is 5.97. The molecule has 0 unspecified atom stereocenters. The van der Waals surface area contributed by atoms with Gasteiger partial charge in [-0.25, -0.2) is 0 Å². The molecule has 2 N–H and O–H groups in total. The Balaban J connectivity index is 2.08. The minimum atomic E-state index is 0.377. The van der Waals surface area contributed by atoms with E-state index in [0.29, 0.717) is 27.2 Å². The molecule has 0 atom stereocenters. The van der Waals surface area contributed by atoms with Crippen molar-refractivity contribution in [3.8, 4) is 11.5 Å². The molecule has 100 valence electrons. The molecule has 0 radical (unpaired) electrons. The number of hydrogen-bond donors (Lipinski definition) is 1. The van der Waals surface area contributed by atoms with Gasteiger partial charge in [-0.05, 0) is 18.2 Å². The Hall–Kier alpha value is -2.04. The van der Waals surface area contributed by atoms with Gasteiger partial charge < -0.3 is 10.5 Å². The van der Waals surface area contributed by atoms with E-state index in [0.717, 1.165) is 10.9 Å². The Morgan fingerprint density at radius 3 is 2.60 bits per heavy atom. The third kappa shape index (κ3) is 2.35. The number of aromatic nitrogens is 2. The maximum absolute atomic E-state index is 5.97. The van der Waals surface area contributed by atoms with Crippen LogP contribution in [0.25, 0.3) is 10.9 Å². The molecule has 0 spiro atoms. The Morgan fingerprint density at radius 1 is 1.00 bits per heavy atom. The third-order valence-corrected chi connectivity index (χ3v) is 3.50. The van der Waals surface area contributed by atoms with E-state index in [2.05, 4.69) is 10.2 Å². The first kappa shape index (κ1) is 13.0. The highest BCUT2D eigenvalue weighted by atomic mass is 35.5. The number of anilines is 1. The first-order valence-electron chi connectivity index (χ1n) is 5.78. The lowest BCUT2D eigenvalue weighted by molar-refractivity contribution is 0.487. The number of nitrogens with two attached hydrogens (primary N) is 1. The molecule has 1 heterocycles. The molecular weight excluding hydrogens is 297 g/mol. The summed E-state index contributed by atoms with van der Waals surface area (Å²) in [6.07, 6.45) is 1.53. The van der Waals surface area contributed by atoms with Crippen LogP contribution in [0, 0.1) is 0 Å². The summed E-state index contributed by atoms with van der Waals surface area (Å²) in [5.41, 5.74) is 7.02. The summed E-state index contributed by atoms with van der Waals surface area (Å²) in [5.74, 6) is 0.984. The predicted molar refractivity (Wildman–Crippen MR) is 80.5 cm³/mol. The zero-order chi connectivity index (χ0) is 14.1. The van der Waals surface area contributed by atoms with Gasteiger partial charge in [0.15, 0.2) is 11.5 Å². The Labute approximate surface area is 125 Å². The first-order chi connectivity index (χ1) is 9.65. The molecule has 4 nitrogen and oxygen atoms in total. The molecule has 0 aliphatic heterocycles. The standard InChI is InChI=1S/C14H9Cl2N3O/c15-9-5-11(17)13(6-10(9)16)20-14-7-18-19-12-4-2-1-3-8(12)14/h1-7H,17H2. The van der Waals surface area contributed by atoms with Crippen LogP contribution in [-0.4, -0.2) is 10.2 Å². The van der Waals surface area contributed by atoms with E-state index in [1.54, 1.807) is 12.1 Å². The fraction of sp³-hybridized carbons (Fsp3) is 0.